The Morgan fingerprint density at radius 2 is 2.20 bits per heavy atom. The van der Waals surface area contributed by atoms with Crippen LogP contribution in [-0.4, -0.2) is 16.1 Å². The standard InChI is InChI=1S/C10H5BrClNO2/c11-6-3-1-2-5-7(12)4-8(10(14)15)13-9(5)6/h1-4H,(H,14,15). The number of halogens is 2. The van der Waals surface area contributed by atoms with Gasteiger partial charge in [0.15, 0.2) is 0 Å². The summed E-state index contributed by atoms with van der Waals surface area (Å²) in [6.45, 7) is 0. The number of rotatable bonds is 1. The lowest BCUT2D eigenvalue weighted by atomic mass is 10.2. The van der Waals surface area contributed by atoms with Gasteiger partial charge in [0.2, 0.25) is 0 Å². The highest BCUT2D eigenvalue weighted by Crippen LogP contribution is 2.28. The highest BCUT2D eigenvalue weighted by molar-refractivity contribution is 9.10. The highest BCUT2D eigenvalue weighted by atomic mass is 79.9. The average Bonchev–Trinajstić information content (AvgIpc) is 2.19. The number of hydrogen-bond acceptors (Lipinski definition) is 2. The summed E-state index contributed by atoms with van der Waals surface area (Å²) in [4.78, 5) is 14.8. The number of para-hydroxylation sites is 1. The van der Waals surface area contributed by atoms with Crippen molar-refractivity contribution in [2.24, 2.45) is 0 Å². The zero-order chi connectivity index (χ0) is 11.0. The maximum Gasteiger partial charge on any atom is 0.354 e. The number of carboxylic acid groups (broad SMARTS) is 1. The van der Waals surface area contributed by atoms with E-state index in [-0.39, 0.29) is 5.69 Å². The SMILES string of the molecule is O=C(O)c1cc(Cl)c2cccc(Br)c2n1. The Morgan fingerprint density at radius 3 is 2.87 bits per heavy atom. The first-order chi connectivity index (χ1) is 7.09. The van der Waals surface area contributed by atoms with Gasteiger partial charge >= 0.3 is 5.97 Å². The monoisotopic (exact) mass is 285 g/mol. The van der Waals surface area contributed by atoms with Crippen LogP contribution in [0.4, 0.5) is 0 Å². The van der Waals surface area contributed by atoms with Crippen LogP contribution in [0.2, 0.25) is 5.02 Å². The molecule has 1 aromatic carbocycles. The van der Waals surface area contributed by atoms with Gasteiger partial charge in [0.05, 0.1) is 10.5 Å². The molecule has 76 valence electrons. The molecule has 0 aliphatic carbocycles. The number of carbonyl (C=O) groups is 1. The van der Waals surface area contributed by atoms with Gasteiger partial charge in [-0.3, -0.25) is 0 Å². The van der Waals surface area contributed by atoms with Gasteiger partial charge in [-0.25, -0.2) is 9.78 Å². The van der Waals surface area contributed by atoms with Crippen molar-refractivity contribution in [1.82, 2.24) is 4.98 Å². The molecule has 5 heteroatoms. The Hall–Kier alpha value is -1.13. The van der Waals surface area contributed by atoms with Gasteiger partial charge in [0.1, 0.15) is 5.69 Å². The third-order valence-electron chi connectivity index (χ3n) is 1.96. The lowest BCUT2D eigenvalue weighted by Gasteiger charge is -2.03. The molecule has 3 nitrogen and oxygen atoms in total. The highest BCUT2D eigenvalue weighted by Gasteiger charge is 2.10. The van der Waals surface area contributed by atoms with E-state index in [1.54, 1.807) is 12.1 Å². The van der Waals surface area contributed by atoms with E-state index < -0.39 is 5.97 Å². The molecule has 15 heavy (non-hydrogen) atoms. The molecule has 1 aromatic heterocycles. The van der Waals surface area contributed by atoms with Crippen LogP contribution < -0.4 is 0 Å². The molecule has 1 N–H and O–H groups in total. The maximum absolute atomic E-state index is 10.8. The molecule has 0 aliphatic rings. The second kappa shape index (κ2) is 3.79. The van der Waals surface area contributed by atoms with Crippen molar-refractivity contribution in [3.63, 3.8) is 0 Å². The Bertz CT molecular complexity index is 556. The van der Waals surface area contributed by atoms with Crippen LogP contribution in [0.25, 0.3) is 10.9 Å². The molecule has 2 rings (SSSR count). The summed E-state index contributed by atoms with van der Waals surface area (Å²) in [5.74, 6) is -1.09. The predicted molar refractivity (Wildman–Crippen MR) is 61.4 cm³/mol. The van der Waals surface area contributed by atoms with Crippen molar-refractivity contribution in [1.29, 1.82) is 0 Å². The maximum atomic E-state index is 10.8. The Labute approximate surface area is 98.8 Å². The second-order valence-corrected chi connectivity index (χ2v) is 4.19. The van der Waals surface area contributed by atoms with Gasteiger partial charge in [0, 0.05) is 9.86 Å². The number of benzene rings is 1. The van der Waals surface area contributed by atoms with Gasteiger partial charge in [-0.2, -0.15) is 0 Å². The molecule has 0 fully saturated rings. The summed E-state index contributed by atoms with van der Waals surface area (Å²) in [7, 11) is 0. The molecule has 0 saturated carbocycles. The van der Waals surface area contributed by atoms with Crippen LogP contribution in [0.5, 0.6) is 0 Å². The molecule has 0 saturated heterocycles. The number of nitrogens with zero attached hydrogens (tertiary/aromatic N) is 1. The zero-order valence-corrected chi connectivity index (χ0v) is 9.71. The minimum absolute atomic E-state index is 0.0561. The number of aromatic carboxylic acids is 1. The molecular weight excluding hydrogens is 281 g/mol. The first kappa shape index (κ1) is 10.4. The quantitative estimate of drug-likeness (QED) is 0.874. The topological polar surface area (TPSA) is 50.2 Å². The van der Waals surface area contributed by atoms with Gasteiger partial charge in [-0.05, 0) is 28.1 Å². The molecule has 0 atom stereocenters. The molecule has 1 heterocycles. The number of pyridine rings is 1. The summed E-state index contributed by atoms with van der Waals surface area (Å²) in [6, 6.07) is 6.75. The third kappa shape index (κ3) is 1.82. The van der Waals surface area contributed by atoms with Gasteiger partial charge in [0.25, 0.3) is 0 Å². The van der Waals surface area contributed by atoms with E-state index in [1.807, 2.05) is 6.07 Å². The minimum atomic E-state index is -1.09. The number of hydrogen-bond donors (Lipinski definition) is 1. The summed E-state index contributed by atoms with van der Waals surface area (Å²) in [5, 5.41) is 9.94. The first-order valence-corrected chi connectivity index (χ1v) is 5.25. The van der Waals surface area contributed by atoms with E-state index >= 15 is 0 Å². The summed E-state index contributed by atoms with van der Waals surface area (Å²) in [5.41, 5.74) is 0.502. The largest absolute Gasteiger partial charge is 0.477 e. The number of aromatic nitrogens is 1. The van der Waals surface area contributed by atoms with Crippen LogP contribution >= 0.6 is 27.5 Å². The Kier molecular flexibility index (Phi) is 2.63. The van der Waals surface area contributed by atoms with E-state index in [4.69, 9.17) is 16.7 Å². The van der Waals surface area contributed by atoms with Gasteiger partial charge < -0.3 is 5.11 Å². The lowest BCUT2D eigenvalue weighted by molar-refractivity contribution is 0.0691. The smallest absolute Gasteiger partial charge is 0.354 e. The molecule has 0 radical (unpaired) electrons. The molecule has 2 aromatic rings. The predicted octanol–water partition coefficient (Wildman–Crippen LogP) is 3.35. The van der Waals surface area contributed by atoms with Crippen molar-refractivity contribution in [2.45, 2.75) is 0 Å². The van der Waals surface area contributed by atoms with Crippen molar-refractivity contribution in [2.75, 3.05) is 0 Å². The molecule has 0 bridgehead atoms. The van der Waals surface area contributed by atoms with E-state index in [1.165, 1.54) is 6.07 Å². The van der Waals surface area contributed by atoms with Crippen molar-refractivity contribution >= 4 is 44.4 Å². The second-order valence-electron chi connectivity index (χ2n) is 2.93. The van der Waals surface area contributed by atoms with Crippen LogP contribution in [0, 0.1) is 0 Å². The Morgan fingerprint density at radius 1 is 1.47 bits per heavy atom. The van der Waals surface area contributed by atoms with Crippen molar-refractivity contribution in [3.8, 4) is 0 Å². The van der Waals surface area contributed by atoms with E-state index in [2.05, 4.69) is 20.9 Å². The lowest BCUT2D eigenvalue weighted by Crippen LogP contribution is -2.00. The number of fused-ring (bicyclic) bond motifs is 1. The van der Waals surface area contributed by atoms with E-state index in [0.29, 0.717) is 10.5 Å². The normalized spacial score (nSPS) is 10.5. The van der Waals surface area contributed by atoms with Gasteiger partial charge in [-0.15, -0.1) is 0 Å². The molecule has 0 unspecified atom stereocenters. The zero-order valence-electron chi connectivity index (χ0n) is 7.37. The fourth-order valence-corrected chi connectivity index (χ4v) is 1.99. The van der Waals surface area contributed by atoms with E-state index in [0.717, 1.165) is 9.86 Å². The van der Waals surface area contributed by atoms with Crippen LogP contribution in [0.1, 0.15) is 10.5 Å². The summed E-state index contributed by atoms with van der Waals surface area (Å²) < 4.78 is 0.727. The van der Waals surface area contributed by atoms with Crippen molar-refractivity contribution in [3.05, 3.63) is 39.5 Å². The molecule has 0 spiro atoms. The van der Waals surface area contributed by atoms with Crippen LogP contribution in [-0.2, 0) is 0 Å². The average molecular weight is 287 g/mol. The minimum Gasteiger partial charge on any atom is -0.477 e. The third-order valence-corrected chi connectivity index (χ3v) is 2.91. The molecular formula is C10H5BrClNO2. The Balaban J connectivity index is 2.85. The van der Waals surface area contributed by atoms with Crippen LogP contribution in [0.3, 0.4) is 0 Å². The molecule has 0 aliphatic heterocycles. The summed E-state index contributed by atoms with van der Waals surface area (Å²) >= 11 is 9.25. The van der Waals surface area contributed by atoms with Crippen LogP contribution in [0.15, 0.2) is 28.7 Å². The van der Waals surface area contributed by atoms with Gasteiger partial charge in [-0.1, -0.05) is 23.7 Å². The summed E-state index contributed by atoms with van der Waals surface area (Å²) in [6.07, 6.45) is 0. The van der Waals surface area contributed by atoms with Crippen molar-refractivity contribution < 1.29 is 9.90 Å². The molecule has 0 amide bonds. The number of carboxylic acids is 1. The fraction of sp³-hybridized carbons (Fsp3) is 0. The first-order valence-electron chi connectivity index (χ1n) is 4.07. The van der Waals surface area contributed by atoms with E-state index in [9.17, 15) is 4.79 Å². The fourth-order valence-electron chi connectivity index (χ4n) is 1.28.